The summed E-state index contributed by atoms with van der Waals surface area (Å²) in [5.41, 5.74) is 0. The highest BCUT2D eigenvalue weighted by Crippen LogP contribution is 2.17. The van der Waals surface area contributed by atoms with Gasteiger partial charge in [0.05, 0.1) is 12.6 Å². The lowest BCUT2D eigenvalue weighted by molar-refractivity contribution is 0.429. The Hall–Kier alpha value is -1.05. The van der Waals surface area contributed by atoms with Crippen LogP contribution in [-0.2, 0) is 0 Å². The van der Waals surface area contributed by atoms with Gasteiger partial charge in [0.1, 0.15) is 5.84 Å². The van der Waals surface area contributed by atoms with E-state index in [-0.39, 0.29) is 0 Å². The van der Waals surface area contributed by atoms with Gasteiger partial charge >= 0.3 is 0 Å². The van der Waals surface area contributed by atoms with Gasteiger partial charge in [0.2, 0.25) is 0 Å². The Morgan fingerprint density at radius 2 is 2.55 bits per heavy atom. The molecule has 2 heteroatoms. The molecule has 58 valence electrons. The zero-order valence-corrected chi connectivity index (χ0v) is 6.70. The Morgan fingerprint density at radius 1 is 1.64 bits per heavy atom. The van der Waals surface area contributed by atoms with E-state index in [0.29, 0.717) is 6.04 Å². The van der Waals surface area contributed by atoms with Crippen LogP contribution in [0.25, 0.3) is 0 Å². The fourth-order valence-corrected chi connectivity index (χ4v) is 1.50. The van der Waals surface area contributed by atoms with Gasteiger partial charge in [0, 0.05) is 6.20 Å². The summed E-state index contributed by atoms with van der Waals surface area (Å²) in [4.78, 5) is 6.66. The zero-order valence-electron chi connectivity index (χ0n) is 6.70. The Kier molecular flexibility index (Phi) is 1.53. The van der Waals surface area contributed by atoms with E-state index in [1.54, 1.807) is 0 Å². The highest BCUT2D eigenvalue weighted by molar-refractivity contribution is 5.96. The third kappa shape index (κ3) is 0.985. The molecule has 1 atom stereocenters. The molecule has 2 aliphatic heterocycles. The second kappa shape index (κ2) is 2.53. The number of hydrogen-bond acceptors (Lipinski definition) is 2. The first-order chi connectivity index (χ1) is 5.42. The van der Waals surface area contributed by atoms with Gasteiger partial charge < -0.3 is 4.90 Å². The minimum absolute atomic E-state index is 0.603. The molecule has 11 heavy (non-hydrogen) atoms. The largest absolute Gasteiger partial charge is 0.328 e. The predicted molar refractivity (Wildman–Crippen MR) is 46.5 cm³/mol. The van der Waals surface area contributed by atoms with Crippen LogP contribution < -0.4 is 0 Å². The third-order valence-corrected chi connectivity index (χ3v) is 2.20. The van der Waals surface area contributed by atoms with Crippen molar-refractivity contribution in [3.05, 3.63) is 24.4 Å². The van der Waals surface area contributed by atoms with Gasteiger partial charge in [-0.2, -0.15) is 0 Å². The van der Waals surface area contributed by atoms with Crippen molar-refractivity contribution in [1.29, 1.82) is 0 Å². The first kappa shape index (κ1) is 6.65. The number of nitrogens with zero attached hydrogens (tertiary/aromatic N) is 2. The summed E-state index contributed by atoms with van der Waals surface area (Å²) >= 11 is 0. The number of rotatable bonds is 1. The Labute approximate surface area is 66.9 Å². The van der Waals surface area contributed by atoms with E-state index in [1.165, 1.54) is 6.42 Å². The van der Waals surface area contributed by atoms with Crippen LogP contribution in [0.3, 0.4) is 0 Å². The molecule has 0 unspecified atom stereocenters. The van der Waals surface area contributed by atoms with E-state index in [1.807, 2.05) is 6.08 Å². The van der Waals surface area contributed by atoms with Crippen molar-refractivity contribution >= 4 is 5.84 Å². The summed E-state index contributed by atoms with van der Waals surface area (Å²) in [6.07, 6.45) is 9.45. The zero-order chi connectivity index (χ0) is 7.68. The van der Waals surface area contributed by atoms with Crippen LogP contribution in [0, 0.1) is 0 Å². The minimum Gasteiger partial charge on any atom is -0.328 e. The SMILES string of the molecule is CC[C@H]1CN=C2C=CC=CN21. The summed E-state index contributed by atoms with van der Waals surface area (Å²) in [6, 6.07) is 0.603. The second-order valence-electron chi connectivity index (χ2n) is 2.87. The molecule has 0 aliphatic carbocycles. The van der Waals surface area contributed by atoms with Crippen LogP contribution in [0.2, 0.25) is 0 Å². The smallest absolute Gasteiger partial charge is 0.127 e. The predicted octanol–water partition coefficient (Wildman–Crippen LogP) is 1.56. The highest BCUT2D eigenvalue weighted by Gasteiger charge is 2.23. The normalized spacial score (nSPS) is 27.2. The first-order valence-electron chi connectivity index (χ1n) is 4.09. The minimum atomic E-state index is 0.603. The van der Waals surface area contributed by atoms with E-state index in [2.05, 4.69) is 35.2 Å². The summed E-state index contributed by atoms with van der Waals surface area (Å²) in [6.45, 7) is 3.16. The van der Waals surface area contributed by atoms with E-state index in [9.17, 15) is 0 Å². The Balaban J connectivity index is 2.21. The monoisotopic (exact) mass is 148 g/mol. The molecule has 2 rings (SSSR count). The Morgan fingerprint density at radius 3 is 3.36 bits per heavy atom. The molecule has 0 aromatic rings. The van der Waals surface area contributed by atoms with Crippen LogP contribution in [0.15, 0.2) is 29.4 Å². The number of allylic oxidation sites excluding steroid dienone is 2. The van der Waals surface area contributed by atoms with Crippen LogP contribution in [0.1, 0.15) is 13.3 Å². The number of amidine groups is 1. The van der Waals surface area contributed by atoms with Crippen LogP contribution in [0.5, 0.6) is 0 Å². The molecule has 2 aliphatic rings. The molecular formula is C9H12N2. The average molecular weight is 148 g/mol. The van der Waals surface area contributed by atoms with Crippen molar-refractivity contribution in [3.63, 3.8) is 0 Å². The van der Waals surface area contributed by atoms with Gasteiger partial charge in [-0.05, 0) is 18.6 Å². The van der Waals surface area contributed by atoms with Crippen molar-refractivity contribution in [2.75, 3.05) is 6.54 Å². The van der Waals surface area contributed by atoms with Crippen molar-refractivity contribution in [2.24, 2.45) is 4.99 Å². The lowest BCUT2D eigenvalue weighted by atomic mass is 10.2. The molecular weight excluding hydrogens is 136 g/mol. The molecule has 0 saturated heterocycles. The quantitative estimate of drug-likeness (QED) is 0.551. The van der Waals surface area contributed by atoms with Crippen molar-refractivity contribution in [2.45, 2.75) is 19.4 Å². The highest BCUT2D eigenvalue weighted by atomic mass is 15.3. The molecule has 0 aromatic carbocycles. The van der Waals surface area contributed by atoms with E-state index in [0.717, 1.165) is 12.4 Å². The van der Waals surface area contributed by atoms with Crippen molar-refractivity contribution in [1.82, 2.24) is 4.90 Å². The molecule has 0 radical (unpaired) electrons. The maximum Gasteiger partial charge on any atom is 0.127 e. The molecule has 0 aromatic heterocycles. The molecule has 0 saturated carbocycles. The number of fused-ring (bicyclic) bond motifs is 1. The van der Waals surface area contributed by atoms with Gasteiger partial charge in [0.15, 0.2) is 0 Å². The summed E-state index contributed by atoms with van der Waals surface area (Å²) in [7, 11) is 0. The molecule has 0 fully saturated rings. The lowest BCUT2D eigenvalue weighted by Crippen LogP contribution is -2.31. The maximum absolute atomic E-state index is 4.41. The molecule has 0 spiro atoms. The molecule has 0 amide bonds. The second-order valence-corrected chi connectivity index (χ2v) is 2.87. The molecule has 0 bridgehead atoms. The van der Waals surface area contributed by atoms with E-state index < -0.39 is 0 Å². The summed E-state index contributed by atoms with van der Waals surface area (Å²) in [5.74, 6) is 1.12. The third-order valence-electron chi connectivity index (χ3n) is 2.20. The molecule has 2 heterocycles. The fourth-order valence-electron chi connectivity index (χ4n) is 1.50. The average Bonchev–Trinajstić information content (AvgIpc) is 2.47. The fraction of sp³-hybridized carbons (Fsp3) is 0.444. The van der Waals surface area contributed by atoms with Crippen molar-refractivity contribution < 1.29 is 0 Å². The van der Waals surface area contributed by atoms with Crippen LogP contribution in [-0.4, -0.2) is 23.3 Å². The van der Waals surface area contributed by atoms with E-state index in [4.69, 9.17) is 0 Å². The van der Waals surface area contributed by atoms with Gasteiger partial charge in [-0.25, -0.2) is 0 Å². The lowest BCUT2D eigenvalue weighted by Gasteiger charge is -2.22. The Bertz CT molecular complexity index is 238. The van der Waals surface area contributed by atoms with Gasteiger partial charge in [-0.15, -0.1) is 0 Å². The standard InChI is InChI=1S/C9H12N2/c1-2-8-7-10-9-5-3-4-6-11(8)9/h3-6,8H,2,7H2,1H3/t8-/m0/s1. The van der Waals surface area contributed by atoms with Gasteiger partial charge in [-0.3, -0.25) is 4.99 Å². The first-order valence-corrected chi connectivity index (χ1v) is 4.09. The topological polar surface area (TPSA) is 15.6 Å². The molecule has 0 N–H and O–H groups in total. The van der Waals surface area contributed by atoms with E-state index >= 15 is 0 Å². The number of aliphatic imine (C=N–C) groups is 1. The summed E-state index contributed by atoms with van der Waals surface area (Å²) < 4.78 is 0. The van der Waals surface area contributed by atoms with Crippen LogP contribution in [0.4, 0.5) is 0 Å². The maximum atomic E-state index is 4.41. The van der Waals surface area contributed by atoms with Gasteiger partial charge in [0.25, 0.3) is 0 Å². The van der Waals surface area contributed by atoms with Gasteiger partial charge in [-0.1, -0.05) is 13.0 Å². The molecule has 2 nitrogen and oxygen atoms in total. The number of hydrogen-bond donors (Lipinski definition) is 0. The van der Waals surface area contributed by atoms with Crippen LogP contribution >= 0.6 is 0 Å². The van der Waals surface area contributed by atoms with Crippen molar-refractivity contribution in [3.8, 4) is 0 Å². The summed E-state index contributed by atoms with van der Waals surface area (Å²) in [5, 5.41) is 0.